The van der Waals surface area contributed by atoms with Crippen molar-refractivity contribution in [2.75, 3.05) is 0 Å². The monoisotopic (exact) mass is 320 g/mol. The van der Waals surface area contributed by atoms with Crippen molar-refractivity contribution in [1.82, 2.24) is 10.3 Å². The summed E-state index contributed by atoms with van der Waals surface area (Å²) in [6.45, 7) is 4.67. The van der Waals surface area contributed by atoms with E-state index in [0.717, 1.165) is 28.5 Å². The van der Waals surface area contributed by atoms with Crippen LogP contribution in [0.2, 0.25) is 0 Å². The van der Waals surface area contributed by atoms with E-state index in [1.54, 1.807) is 0 Å². The van der Waals surface area contributed by atoms with Crippen molar-refractivity contribution < 1.29 is 4.79 Å². The first-order valence-corrected chi connectivity index (χ1v) is 7.33. The summed E-state index contributed by atoms with van der Waals surface area (Å²) in [6, 6.07) is 6.33. The van der Waals surface area contributed by atoms with E-state index >= 15 is 0 Å². The second kappa shape index (κ2) is 4.37. The third-order valence-electron chi connectivity index (χ3n) is 3.94. The van der Waals surface area contributed by atoms with E-state index in [9.17, 15) is 4.79 Å². The van der Waals surface area contributed by atoms with Gasteiger partial charge in [-0.05, 0) is 43.5 Å². The highest BCUT2D eigenvalue weighted by atomic mass is 79.9. The Morgan fingerprint density at radius 3 is 2.84 bits per heavy atom. The van der Waals surface area contributed by atoms with Crippen molar-refractivity contribution in [1.29, 1.82) is 0 Å². The predicted octanol–water partition coefficient (Wildman–Crippen LogP) is 3.66. The fourth-order valence-electron chi connectivity index (χ4n) is 2.23. The van der Waals surface area contributed by atoms with Gasteiger partial charge in [0.15, 0.2) is 0 Å². The Labute approximate surface area is 120 Å². The van der Waals surface area contributed by atoms with Gasteiger partial charge in [-0.15, -0.1) is 0 Å². The number of halogens is 1. The van der Waals surface area contributed by atoms with E-state index in [-0.39, 0.29) is 11.3 Å². The first kappa shape index (κ1) is 12.7. The molecule has 2 N–H and O–H groups in total. The molecule has 1 saturated carbocycles. The van der Waals surface area contributed by atoms with Crippen LogP contribution >= 0.6 is 15.9 Å². The Bertz CT molecular complexity index is 616. The maximum atomic E-state index is 11.9. The maximum Gasteiger partial charge on any atom is 0.226 e. The minimum atomic E-state index is -0.106. The van der Waals surface area contributed by atoms with Crippen LogP contribution in [0.15, 0.2) is 22.7 Å². The molecule has 3 nitrogen and oxygen atoms in total. The normalized spacial score (nSPS) is 16.6. The number of carbonyl (C=O) groups excluding carboxylic acids is 1. The van der Waals surface area contributed by atoms with Gasteiger partial charge in [0, 0.05) is 26.5 Å². The Balaban J connectivity index is 1.76. The van der Waals surface area contributed by atoms with Gasteiger partial charge in [0.25, 0.3) is 0 Å². The Morgan fingerprint density at radius 2 is 2.16 bits per heavy atom. The van der Waals surface area contributed by atoms with Crippen molar-refractivity contribution >= 4 is 32.7 Å². The number of hydrogen-bond acceptors (Lipinski definition) is 1. The summed E-state index contributed by atoms with van der Waals surface area (Å²) in [5.74, 6) is 0.170. The second-order valence-corrected chi connectivity index (χ2v) is 6.58. The molecule has 19 heavy (non-hydrogen) atoms. The molecule has 0 bridgehead atoms. The van der Waals surface area contributed by atoms with Crippen molar-refractivity contribution in [2.45, 2.75) is 33.2 Å². The van der Waals surface area contributed by atoms with Gasteiger partial charge < -0.3 is 10.3 Å². The number of benzene rings is 1. The smallest absolute Gasteiger partial charge is 0.226 e. The largest absolute Gasteiger partial charge is 0.357 e. The van der Waals surface area contributed by atoms with Crippen LogP contribution in [0.5, 0.6) is 0 Å². The van der Waals surface area contributed by atoms with Gasteiger partial charge in [-0.1, -0.05) is 22.9 Å². The van der Waals surface area contributed by atoms with E-state index < -0.39 is 0 Å². The second-order valence-electron chi connectivity index (χ2n) is 5.73. The summed E-state index contributed by atoms with van der Waals surface area (Å²) in [7, 11) is 0. The molecular weight excluding hydrogens is 304 g/mol. The lowest BCUT2D eigenvalue weighted by atomic mass is 10.1. The number of aromatic amines is 1. The summed E-state index contributed by atoms with van der Waals surface area (Å²) < 4.78 is 1.10. The number of fused-ring (bicyclic) bond motifs is 1. The highest BCUT2D eigenvalue weighted by molar-refractivity contribution is 9.10. The van der Waals surface area contributed by atoms with Crippen molar-refractivity contribution in [2.24, 2.45) is 5.41 Å². The number of nitrogens with one attached hydrogen (secondary N) is 2. The zero-order chi connectivity index (χ0) is 13.6. The fraction of sp³-hybridized carbons (Fsp3) is 0.400. The van der Waals surface area contributed by atoms with Crippen LogP contribution in [0, 0.1) is 12.3 Å². The highest BCUT2D eigenvalue weighted by Gasteiger charge is 2.44. The summed E-state index contributed by atoms with van der Waals surface area (Å²) in [5.41, 5.74) is 3.25. The molecule has 2 aromatic rings. The molecule has 0 saturated heterocycles. The number of H-pyrrole nitrogens is 1. The molecule has 1 aromatic carbocycles. The molecule has 1 aromatic heterocycles. The van der Waals surface area contributed by atoms with Crippen molar-refractivity contribution in [3.8, 4) is 0 Å². The zero-order valence-corrected chi connectivity index (χ0v) is 12.7. The van der Waals surface area contributed by atoms with E-state index in [1.165, 1.54) is 10.9 Å². The van der Waals surface area contributed by atoms with Gasteiger partial charge in [0.05, 0.1) is 6.54 Å². The van der Waals surface area contributed by atoms with Gasteiger partial charge in [0.2, 0.25) is 5.91 Å². The summed E-state index contributed by atoms with van der Waals surface area (Å²) in [5, 5.41) is 4.19. The third kappa shape index (κ3) is 2.41. The SMILES string of the molecule is Cc1cc2cc(CNC(=O)C3(C)CC3)[nH]c2cc1Br. The Kier molecular flexibility index (Phi) is 2.93. The standard InChI is InChI=1S/C15H17BrN2O/c1-9-5-10-6-11(18-13(10)7-12(9)16)8-17-14(19)15(2)3-4-15/h5-7,18H,3-4,8H2,1-2H3,(H,17,19). The first-order valence-electron chi connectivity index (χ1n) is 6.54. The van der Waals surface area contributed by atoms with Gasteiger partial charge in [-0.3, -0.25) is 4.79 Å². The molecule has 0 unspecified atom stereocenters. The molecule has 4 heteroatoms. The molecule has 0 radical (unpaired) electrons. The van der Waals surface area contributed by atoms with Crippen LogP contribution < -0.4 is 5.32 Å². The number of rotatable bonds is 3. The zero-order valence-electron chi connectivity index (χ0n) is 11.1. The first-order chi connectivity index (χ1) is 8.98. The summed E-state index contributed by atoms with van der Waals surface area (Å²) in [6.07, 6.45) is 2.02. The van der Waals surface area contributed by atoms with E-state index in [1.807, 2.05) is 6.92 Å². The van der Waals surface area contributed by atoms with Crippen LogP contribution in [0.4, 0.5) is 0 Å². The number of aryl methyl sites for hydroxylation is 1. The topological polar surface area (TPSA) is 44.9 Å². The van der Waals surface area contributed by atoms with E-state index in [0.29, 0.717) is 6.54 Å². The summed E-state index contributed by atoms with van der Waals surface area (Å²) >= 11 is 3.53. The molecule has 0 aliphatic heterocycles. The molecule has 1 aliphatic carbocycles. The summed E-state index contributed by atoms with van der Waals surface area (Å²) in [4.78, 5) is 15.2. The predicted molar refractivity (Wildman–Crippen MR) is 79.9 cm³/mol. The molecule has 0 atom stereocenters. The van der Waals surface area contributed by atoms with Crippen molar-refractivity contribution in [3.05, 3.63) is 33.9 Å². The van der Waals surface area contributed by atoms with Crippen LogP contribution in [0.1, 0.15) is 31.0 Å². The fourth-order valence-corrected chi connectivity index (χ4v) is 2.57. The molecule has 1 amide bonds. The number of carbonyl (C=O) groups is 1. The molecule has 1 fully saturated rings. The number of hydrogen-bond donors (Lipinski definition) is 2. The average Bonchev–Trinajstić information content (AvgIpc) is 2.99. The molecule has 3 rings (SSSR count). The van der Waals surface area contributed by atoms with E-state index in [2.05, 4.69) is 51.4 Å². The van der Waals surface area contributed by atoms with Crippen molar-refractivity contribution in [3.63, 3.8) is 0 Å². The van der Waals surface area contributed by atoms with Crippen LogP contribution in [-0.2, 0) is 11.3 Å². The minimum absolute atomic E-state index is 0.106. The Morgan fingerprint density at radius 1 is 1.42 bits per heavy atom. The molecule has 100 valence electrons. The molecule has 0 spiro atoms. The molecule has 1 heterocycles. The van der Waals surface area contributed by atoms with Gasteiger partial charge in [-0.2, -0.15) is 0 Å². The van der Waals surface area contributed by atoms with Gasteiger partial charge >= 0.3 is 0 Å². The number of aromatic nitrogens is 1. The average molecular weight is 321 g/mol. The van der Waals surface area contributed by atoms with Gasteiger partial charge in [-0.25, -0.2) is 0 Å². The lowest BCUT2D eigenvalue weighted by molar-refractivity contribution is -0.125. The number of amides is 1. The quantitative estimate of drug-likeness (QED) is 0.890. The van der Waals surface area contributed by atoms with Crippen LogP contribution in [0.25, 0.3) is 10.9 Å². The molecule has 1 aliphatic rings. The van der Waals surface area contributed by atoms with Gasteiger partial charge in [0.1, 0.15) is 0 Å². The van der Waals surface area contributed by atoms with Crippen LogP contribution in [-0.4, -0.2) is 10.9 Å². The molecular formula is C15H17BrN2O. The Hall–Kier alpha value is -1.29. The highest BCUT2D eigenvalue weighted by Crippen LogP contribution is 2.45. The minimum Gasteiger partial charge on any atom is -0.357 e. The third-order valence-corrected chi connectivity index (χ3v) is 4.80. The van der Waals surface area contributed by atoms with E-state index in [4.69, 9.17) is 0 Å². The lowest BCUT2D eigenvalue weighted by Gasteiger charge is -2.08. The lowest BCUT2D eigenvalue weighted by Crippen LogP contribution is -2.29. The van der Waals surface area contributed by atoms with Crippen LogP contribution in [0.3, 0.4) is 0 Å². The maximum absolute atomic E-state index is 11.9.